The molecule has 1 aromatic carbocycles. The smallest absolute Gasteiger partial charge is 0.281 e. The SMILES string of the molecule is Cc1cccc(C)c1[NH+]1CCN(S(=O)(=O)N(C)C)CC1.[Cl-]. The first-order chi connectivity index (χ1) is 9.34. The lowest BCUT2D eigenvalue weighted by Crippen LogP contribution is -3.10. The van der Waals surface area contributed by atoms with Gasteiger partial charge in [0.25, 0.3) is 10.2 Å². The molecule has 0 aliphatic carbocycles. The molecule has 1 aliphatic heterocycles. The predicted molar refractivity (Wildman–Crippen MR) is 80.5 cm³/mol. The van der Waals surface area contributed by atoms with Gasteiger partial charge in [-0.3, -0.25) is 4.90 Å². The van der Waals surface area contributed by atoms with Gasteiger partial charge in [0.15, 0.2) is 0 Å². The van der Waals surface area contributed by atoms with Gasteiger partial charge in [-0.15, -0.1) is 0 Å². The number of halogens is 1. The second kappa shape index (κ2) is 7.07. The maximum atomic E-state index is 12.1. The number of nitrogens with zero attached hydrogens (tertiary/aromatic N) is 2. The van der Waals surface area contributed by atoms with Crippen molar-refractivity contribution in [1.29, 1.82) is 0 Å². The summed E-state index contributed by atoms with van der Waals surface area (Å²) >= 11 is 0. The number of hydrogen-bond acceptors (Lipinski definition) is 2. The number of benzene rings is 1. The summed E-state index contributed by atoms with van der Waals surface area (Å²) in [6.45, 7) is 7.03. The fraction of sp³-hybridized carbons (Fsp3) is 0.571. The fourth-order valence-electron chi connectivity index (χ4n) is 2.84. The van der Waals surface area contributed by atoms with E-state index in [1.807, 2.05) is 0 Å². The summed E-state index contributed by atoms with van der Waals surface area (Å²) in [7, 11) is -0.106. The fourth-order valence-corrected chi connectivity index (χ4v) is 3.95. The van der Waals surface area contributed by atoms with Crippen molar-refractivity contribution in [3.63, 3.8) is 0 Å². The molecule has 1 heterocycles. The average molecular weight is 334 g/mol. The van der Waals surface area contributed by atoms with E-state index in [2.05, 4.69) is 32.0 Å². The highest BCUT2D eigenvalue weighted by atomic mass is 35.5. The number of piperazine rings is 1. The van der Waals surface area contributed by atoms with Crippen molar-refractivity contribution < 1.29 is 25.7 Å². The minimum Gasteiger partial charge on any atom is -1.00 e. The molecule has 21 heavy (non-hydrogen) atoms. The van der Waals surface area contributed by atoms with Crippen LogP contribution in [0.15, 0.2) is 18.2 Å². The first kappa shape index (κ1) is 18.4. The number of quaternary nitrogens is 1. The third-order valence-corrected chi connectivity index (χ3v) is 5.89. The number of aryl methyl sites for hydroxylation is 2. The number of para-hydroxylation sites is 1. The average Bonchev–Trinajstić information content (AvgIpc) is 2.39. The first-order valence-electron chi connectivity index (χ1n) is 6.93. The third-order valence-electron chi connectivity index (χ3n) is 3.95. The predicted octanol–water partition coefficient (Wildman–Crippen LogP) is -3.05. The molecule has 1 aromatic rings. The Balaban J connectivity index is 0.00000220. The maximum Gasteiger partial charge on any atom is 0.281 e. The van der Waals surface area contributed by atoms with Crippen LogP contribution in [0.4, 0.5) is 5.69 Å². The molecule has 120 valence electrons. The zero-order chi connectivity index (χ0) is 14.9. The summed E-state index contributed by atoms with van der Waals surface area (Å²) in [5.41, 5.74) is 3.89. The van der Waals surface area contributed by atoms with Gasteiger partial charge in [-0.1, -0.05) is 18.2 Å². The van der Waals surface area contributed by atoms with Crippen LogP contribution >= 0.6 is 0 Å². The van der Waals surface area contributed by atoms with Gasteiger partial charge in [-0.25, -0.2) is 0 Å². The highest BCUT2D eigenvalue weighted by molar-refractivity contribution is 7.86. The zero-order valence-corrected chi connectivity index (χ0v) is 14.6. The monoisotopic (exact) mass is 333 g/mol. The van der Waals surface area contributed by atoms with Crippen molar-refractivity contribution in [2.75, 3.05) is 40.3 Å². The van der Waals surface area contributed by atoms with Crippen molar-refractivity contribution >= 4 is 15.9 Å². The Morgan fingerprint density at radius 1 is 1.10 bits per heavy atom. The van der Waals surface area contributed by atoms with E-state index in [9.17, 15) is 8.42 Å². The molecule has 1 saturated heterocycles. The zero-order valence-electron chi connectivity index (χ0n) is 13.1. The molecule has 1 fully saturated rings. The lowest BCUT2D eigenvalue weighted by molar-refractivity contribution is -0.837. The minimum atomic E-state index is -3.27. The Bertz CT molecular complexity index is 562. The standard InChI is InChI=1S/C14H23N3O2S.ClH/c1-12-6-5-7-13(2)14(12)16-8-10-17(11-9-16)20(18,19)15(3)4;/h5-7H,8-11H2,1-4H3;1H. The lowest BCUT2D eigenvalue weighted by Gasteiger charge is -2.33. The molecule has 0 atom stereocenters. The molecule has 5 nitrogen and oxygen atoms in total. The van der Waals surface area contributed by atoms with E-state index >= 15 is 0 Å². The third kappa shape index (κ3) is 3.76. The molecule has 1 N–H and O–H groups in total. The van der Waals surface area contributed by atoms with E-state index in [0.717, 1.165) is 13.1 Å². The molecular weight excluding hydrogens is 310 g/mol. The Hall–Kier alpha value is -0.660. The summed E-state index contributed by atoms with van der Waals surface area (Å²) in [5.74, 6) is 0. The second-order valence-electron chi connectivity index (χ2n) is 5.56. The molecule has 0 saturated carbocycles. The molecular formula is C14H24ClN3O2S. The molecule has 2 rings (SSSR count). The van der Waals surface area contributed by atoms with Crippen LogP contribution in [0.2, 0.25) is 0 Å². The van der Waals surface area contributed by atoms with Crippen LogP contribution in [0.25, 0.3) is 0 Å². The largest absolute Gasteiger partial charge is 1.00 e. The van der Waals surface area contributed by atoms with Gasteiger partial charge in [-0.05, 0) is 13.8 Å². The van der Waals surface area contributed by atoms with Crippen LogP contribution in [0, 0.1) is 13.8 Å². The highest BCUT2D eigenvalue weighted by Crippen LogP contribution is 2.16. The van der Waals surface area contributed by atoms with Gasteiger partial charge in [-0.2, -0.15) is 17.0 Å². The van der Waals surface area contributed by atoms with Crippen LogP contribution in [-0.4, -0.2) is 57.3 Å². The van der Waals surface area contributed by atoms with E-state index < -0.39 is 10.2 Å². The minimum absolute atomic E-state index is 0. The number of rotatable bonds is 3. The molecule has 1 aliphatic rings. The topological polar surface area (TPSA) is 45.1 Å². The molecule has 7 heteroatoms. The summed E-state index contributed by atoms with van der Waals surface area (Å²) in [5, 5.41) is 0. The van der Waals surface area contributed by atoms with Gasteiger partial charge in [0.1, 0.15) is 5.69 Å². The Kier molecular flexibility index (Phi) is 6.19. The summed E-state index contributed by atoms with van der Waals surface area (Å²) in [4.78, 5) is 1.38. The van der Waals surface area contributed by atoms with Crippen molar-refractivity contribution in [3.8, 4) is 0 Å². The van der Waals surface area contributed by atoms with Crippen LogP contribution in [-0.2, 0) is 10.2 Å². The Morgan fingerprint density at radius 2 is 1.57 bits per heavy atom. The Morgan fingerprint density at radius 3 is 2.00 bits per heavy atom. The maximum absolute atomic E-state index is 12.1. The molecule has 0 amide bonds. The number of hydrogen-bond donors (Lipinski definition) is 1. The van der Waals surface area contributed by atoms with Crippen molar-refractivity contribution in [2.24, 2.45) is 0 Å². The van der Waals surface area contributed by atoms with E-state index in [1.54, 1.807) is 18.4 Å². The molecule has 0 spiro atoms. The van der Waals surface area contributed by atoms with Crippen LogP contribution < -0.4 is 17.3 Å². The number of nitrogens with one attached hydrogen (secondary N) is 1. The van der Waals surface area contributed by atoms with Gasteiger partial charge in [0.05, 0.1) is 26.2 Å². The molecule has 0 unspecified atom stereocenters. The van der Waals surface area contributed by atoms with Crippen molar-refractivity contribution in [3.05, 3.63) is 29.3 Å². The summed E-state index contributed by atoms with van der Waals surface area (Å²) in [6, 6.07) is 6.32. The lowest BCUT2D eigenvalue weighted by atomic mass is 10.1. The highest BCUT2D eigenvalue weighted by Gasteiger charge is 2.32. The Labute approximate surface area is 134 Å². The van der Waals surface area contributed by atoms with E-state index in [-0.39, 0.29) is 12.4 Å². The van der Waals surface area contributed by atoms with Gasteiger partial charge >= 0.3 is 0 Å². The van der Waals surface area contributed by atoms with Gasteiger partial charge in [0.2, 0.25) is 0 Å². The quantitative estimate of drug-likeness (QED) is 0.639. The summed E-state index contributed by atoms with van der Waals surface area (Å²) < 4.78 is 27.1. The van der Waals surface area contributed by atoms with Crippen LogP contribution in [0.3, 0.4) is 0 Å². The summed E-state index contributed by atoms with van der Waals surface area (Å²) in [6.07, 6.45) is 0. The van der Waals surface area contributed by atoms with E-state index in [0.29, 0.717) is 13.1 Å². The molecule has 0 radical (unpaired) electrons. The van der Waals surface area contributed by atoms with Crippen LogP contribution in [0.1, 0.15) is 11.1 Å². The van der Waals surface area contributed by atoms with Crippen molar-refractivity contribution in [1.82, 2.24) is 8.61 Å². The van der Waals surface area contributed by atoms with E-state index in [1.165, 1.54) is 26.0 Å². The molecule has 0 bridgehead atoms. The van der Waals surface area contributed by atoms with Crippen molar-refractivity contribution in [2.45, 2.75) is 13.8 Å². The normalized spacial score (nSPS) is 17.8. The van der Waals surface area contributed by atoms with Gasteiger partial charge < -0.3 is 12.4 Å². The van der Waals surface area contributed by atoms with E-state index in [4.69, 9.17) is 0 Å². The van der Waals surface area contributed by atoms with Gasteiger partial charge in [0, 0.05) is 25.2 Å². The second-order valence-corrected chi connectivity index (χ2v) is 7.70. The first-order valence-corrected chi connectivity index (χ1v) is 8.32. The molecule has 0 aromatic heterocycles. The van der Waals surface area contributed by atoms with Crippen LogP contribution in [0.5, 0.6) is 0 Å².